The third kappa shape index (κ3) is 61.7. The van der Waals surface area contributed by atoms with Crippen molar-refractivity contribution in [3.8, 4) is 0 Å². The van der Waals surface area contributed by atoms with Gasteiger partial charge in [0.15, 0.2) is 6.10 Å². The van der Waals surface area contributed by atoms with Crippen molar-refractivity contribution >= 4 is 17.9 Å². The highest BCUT2D eigenvalue weighted by atomic mass is 16.6. The minimum Gasteiger partial charge on any atom is -0.462 e. The van der Waals surface area contributed by atoms with Crippen molar-refractivity contribution in [2.75, 3.05) is 13.2 Å². The van der Waals surface area contributed by atoms with Gasteiger partial charge in [0.05, 0.1) is 0 Å². The summed E-state index contributed by atoms with van der Waals surface area (Å²) in [4.78, 5) is 38.3. The van der Waals surface area contributed by atoms with E-state index in [2.05, 4.69) is 93.7 Å². The van der Waals surface area contributed by atoms with Gasteiger partial charge in [-0.3, -0.25) is 14.4 Å². The van der Waals surface area contributed by atoms with Gasteiger partial charge in [0, 0.05) is 19.3 Å². The van der Waals surface area contributed by atoms with Crippen molar-refractivity contribution in [2.45, 2.75) is 341 Å². The molecule has 0 aromatic heterocycles. The van der Waals surface area contributed by atoms with E-state index >= 15 is 0 Å². The SMILES string of the molecule is CC/C=C\C/C=C\C/C=C\C/C=C\C/C=C\CCCC(=O)OC(COC(=O)CCCCCCCCC/C=C\CCCCCCCC)COC(=O)CCCCCCCCCCCCCCCCCCCCCCCCCC. The van der Waals surface area contributed by atoms with Crippen LogP contribution in [0.4, 0.5) is 0 Å². The summed E-state index contributed by atoms with van der Waals surface area (Å²) in [6.07, 6.45) is 83.5. The third-order valence-corrected chi connectivity index (χ3v) is 14.4. The second-order valence-corrected chi connectivity index (χ2v) is 22.0. The van der Waals surface area contributed by atoms with Crippen LogP contribution in [-0.4, -0.2) is 37.2 Å². The van der Waals surface area contributed by atoms with E-state index in [4.69, 9.17) is 14.2 Å². The summed E-state index contributed by atoms with van der Waals surface area (Å²) in [7, 11) is 0. The Morgan fingerprint density at radius 1 is 0.276 bits per heavy atom. The molecule has 0 radical (unpaired) electrons. The van der Waals surface area contributed by atoms with Gasteiger partial charge in [-0.05, 0) is 83.5 Å². The first-order chi connectivity index (χ1) is 37.5. The van der Waals surface area contributed by atoms with Gasteiger partial charge in [0.25, 0.3) is 0 Å². The Balaban J connectivity index is 4.36. The van der Waals surface area contributed by atoms with E-state index in [0.717, 1.165) is 77.0 Å². The Kier molecular flexibility index (Phi) is 61.7. The molecule has 0 aromatic rings. The molecule has 0 aromatic carbocycles. The van der Waals surface area contributed by atoms with E-state index in [1.54, 1.807) is 0 Å². The first-order valence-corrected chi connectivity index (χ1v) is 32.9. The maximum absolute atomic E-state index is 12.9. The van der Waals surface area contributed by atoms with Crippen LogP contribution >= 0.6 is 0 Å². The van der Waals surface area contributed by atoms with Gasteiger partial charge >= 0.3 is 17.9 Å². The van der Waals surface area contributed by atoms with E-state index < -0.39 is 6.10 Å². The molecule has 76 heavy (non-hydrogen) atoms. The lowest BCUT2D eigenvalue weighted by atomic mass is 10.0. The minimum atomic E-state index is -0.807. The minimum absolute atomic E-state index is 0.0963. The van der Waals surface area contributed by atoms with Crippen molar-refractivity contribution in [2.24, 2.45) is 0 Å². The molecule has 0 amide bonds. The van der Waals surface area contributed by atoms with Gasteiger partial charge in [0.2, 0.25) is 0 Å². The van der Waals surface area contributed by atoms with E-state index in [9.17, 15) is 14.4 Å². The Hall–Kier alpha value is -3.15. The fraction of sp³-hybridized carbons (Fsp3) is 0.786. The number of hydrogen-bond acceptors (Lipinski definition) is 6. The number of esters is 3. The van der Waals surface area contributed by atoms with Crippen molar-refractivity contribution in [3.63, 3.8) is 0 Å². The molecule has 0 aliphatic carbocycles. The van der Waals surface area contributed by atoms with Gasteiger partial charge in [0.1, 0.15) is 13.2 Å². The highest BCUT2D eigenvalue weighted by molar-refractivity contribution is 5.71. The largest absolute Gasteiger partial charge is 0.462 e. The Bertz CT molecular complexity index is 1400. The first kappa shape index (κ1) is 72.8. The Morgan fingerprint density at radius 3 is 0.855 bits per heavy atom. The van der Waals surface area contributed by atoms with Gasteiger partial charge in [-0.15, -0.1) is 0 Å². The predicted octanol–water partition coefficient (Wildman–Crippen LogP) is 22.5. The number of rotatable bonds is 60. The molecule has 440 valence electrons. The van der Waals surface area contributed by atoms with E-state index in [1.165, 1.54) is 212 Å². The fourth-order valence-corrected chi connectivity index (χ4v) is 9.54. The van der Waals surface area contributed by atoms with E-state index in [-0.39, 0.29) is 37.5 Å². The maximum atomic E-state index is 12.9. The molecule has 0 heterocycles. The number of unbranched alkanes of at least 4 members (excludes halogenated alkanes) is 37. The molecule has 0 fully saturated rings. The molecule has 0 spiro atoms. The summed E-state index contributed by atoms with van der Waals surface area (Å²) in [5, 5.41) is 0. The Morgan fingerprint density at radius 2 is 0.526 bits per heavy atom. The van der Waals surface area contributed by atoms with Crippen LogP contribution in [0.2, 0.25) is 0 Å². The second-order valence-electron chi connectivity index (χ2n) is 22.0. The first-order valence-electron chi connectivity index (χ1n) is 32.9. The average Bonchev–Trinajstić information content (AvgIpc) is 3.42. The van der Waals surface area contributed by atoms with Crippen LogP contribution in [0.1, 0.15) is 335 Å². The standard InChI is InChI=1S/C70H124O6/c1-4-7-10-13-16-19-22-25-28-31-32-33-34-35-36-37-40-42-45-48-51-54-57-60-63-69(72)75-66-67(76-70(73)64-61-58-55-52-49-46-43-39-30-27-24-21-18-15-12-9-6-3)65-74-68(71)62-59-56-53-50-47-44-41-38-29-26-23-20-17-14-11-8-5-2/h9,12,18,21,26-27,29-30,43,46,52,55,67H,4-8,10-11,13-17,19-20,22-25,28,31-42,44-45,47-51,53-54,56-66H2,1-3H3/b12-9-,21-18-,29-26-,30-27-,46-43-,55-52-. The van der Waals surface area contributed by atoms with Crippen LogP contribution in [0.3, 0.4) is 0 Å². The molecule has 1 atom stereocenters. The zero-order valence-corrected chi connectivity index (χ0v) is 50.5. The summed E-state index contributed by atoms with van der Waals surface area (Å²) in [6, 6.07) is 0. The summed E-state index contributed by atoms with van der Waals surface area (Å²) < 4.78 is 16.9. The average molecular weight is 1060 g/mol. The Labute approximate surface area is 472 Å². The molecule has 0 aliphatic heterocycles. The lowest BCUT2D eigenvalue weighted by Crippen LogP contribution is -2.30. The lowest BCUT2D eigenvalue weighted by Gasteiger charge is -2.18. The van der Waals surface area contributed by atoms with Gasteiger partial charge < -0.3 is 14.2 Å². The molecule has 1 unspecified atom stereocenters. The molecule has 0 saturated carbocycles. The van der Waals surface area contributed by atoms with Crippen molar-refractivity contribution in [1.82, 2.24) is 0 Å². The monoisotopic (exact) mass is 1060 g/mol. The highest BCUT2D eigenvalue weighted by Gasteiger charge is 2.19. The summed E-state index contributed by atoms with van der Waals surface area (Å²) in [6.45, 7) is 6.52. The number of ether oxygens (including phenoxy) is 3. The quantitative estimate of drug-likeness (QED) is 0.0261. The van der Waals surface area contributed by atoms with Gasteiger partial charge in [-0.25, -0.2) is 0 Å². The normalized spacial score (nSPS) is 12.5. The number of carbonyl (C=O) groups excluding carboxylic acids is 3. The van der Waals surface area contributed by atoms with Crippen LogP contribution in [0.5, 0.6) is 0 Å². The third-order valence-electron chi connectivity index (χ3n) is 14.4. The molecule has 6 nitrogen and oxygen atoms in total. The number of hydrogen-bond donors (Lipinski definition) is 0. The van der Waals surface area contributed by atoms with Crippen LogP contribution in [0.15, 0.2) is 72.9 Å². The molecular weight excluding hydrogens is 937 g/mol. The van der Waals surface area contributed by atoms with Gasteiger partial charge in [-0.1, -0.05) is 306 Å². The van der Waals surface area contributed by atoms with Crippen molar-refractivity contribution in [3.05, 3.63) is 72.9 Å². The lowest BCUT2D eigenvalue weighted by molar-refractivity contribution is -0.167. The van der Waals surface area contributed by atoms with E-state index in [1.807, 2.05) is 0 Å². The van der Waals surface area contributed by atoms with Crippen LogP contribution in [0, 0.1) is 0 Å². The number of carbonyl (C=O) groups is 3. The zero-order valence-electron chi connectivity index (χ0n) is 50.5. The van der Waals surface area contributed by atoms with Crippen LogP contribution in [0.25, 0.3) is 0 Å². The summed E-state index contributed by atoms with van der Waals surface area (Å²) in [5.41, 5.74) is 0. The zero-order chi connectivity index (χ0) is 55.0. The second kappa shape index (κ2) is 64.4. The fourth-order valence-electron chi connectivity index (χ4n) is 9.54. The topological polar surface area (TPSA) is 78.9 Å². The highest BCUT2D eigenvalue weighted by Crippen LogP contribution is 2.17. The van der Waals surface area contributed by atoms with Gasteiger partial charge in [-0.2, -0.15) is 0 Å². The molecule has 0 saturated heterocycles. The molecular formula is C70H124O6. The summed E-state index contributed by atoms with van der Waals surface area (Å²) in [5.74, 6) is -0.943. The van der Waals surface area contributed by atoms with E-state index in [0.29, 0.717) is 19.3 Å². The van der Waals surface area contributed by atoms with Crippen LogP contribution in [-0.2, 0) is 28.6 Å². The molecule has 6 heteroatoms. The smallest absolute Gasteiger partial charge is 0.306 e. The molecule has 0 rings (SSSR count). The van der Waals surface area contributed by atoms with Crippen molar-refractivity contribution in [1.29, 1.82) is 0 Å². The molecule has 0 aliphatic rings. The van der Waals surface area contributed by atoms with Crippen molar-refractivity contribution < 1.29 is 28.6 Å². The summed E-state index contributed by atoms with van der Waals surface area (Å²) >= 11 is 0. The number of allylic oxidation sites excluding steroid dienone is 12. The van der Waals surface area contributed by atoms with Crippen LogP contribution < -0.4 is 0 Å². The molecule has 0 N–H and O–H groups in total. The predicted molar refractivity (Wildman–Crippen MR) is 330 cm³/mol. The molecule has 0 bridgehead atoms. The maximum Gasteiger partial charge on any atom is 0.306 e.